The third-order valence-corrected chi connectivity index (χ3v) is 9.12. The zero-order valence-corrected chi connectivity index (χ0v) is 23.6. The van der Waals surface area contributed by atoms with Gasteiger partial charge in [-0.15, -0.1) is 0 Å². The first kappa shape index (κ1) is 26.0. The van der Waals surface area contributed by atoms with E-state index in [9.17, 15) is 14.4 Å². The van der Waals surface area contributed by atoms with Crippen LogP contribution >= 0.6 is 0 Å². The van der Waals surface area contributed by atoms with Gasteiger partial charge in [0.05, 0.1) is 19.1 Å². The number of ether oxygens (including phenoxy) is 1. The Labute approximate surface area is 244 Å². The summed E-state index contributed by atoms with van der Waals surface area (Å²) in [6.45, 7) is 4.07. The Hall–Kier alpha value is -4.97. The summed E-state index contributed by atoms with van der Waals surface area (Å²) in [4.78, 5) is 46.1. The molecule has 1 N–H and O–H groups in total. The van der Waals surface area contributed by atoms with E-state index in [4.69, 9.17) is 4.74 Å². The number of ketones is 2. The fraction of sp³-hybridized carbons (Fsp3) is 0.194. The lowest BCUT2D eigenvalue weighted by atomic mass is 9.64. The Balaban J connectivity index is 1.55. The molecule has 0 bridgehead atoms. The van der Waals surface area contributed by atoms with Crippen molar-refractivity contribution in [2.45, 2.75) is 31.3 Å². The van der Waals surface area contributed by atoms with Crippen LogP contribution in [0.4, 0.5) is 11.4 Å². The summed E-state index contributed by atoms with van der Waals surface area (Å²) in [6.07, 6.45) is 2.08. The highest BCUT2D eigenvalue weighted by Crippen LogP contribution is 2.59. The van der Waals surface area contributed by atoms with Gasteiger partial charge in [0.15, 0.2) is 11.6 Å². The van der Waals surface area contributed by atoms with Crippen LogP contribution in [0.1, 0.15) is 44.3 Å². The highest BCUT2D eigenvalue weighted by molar-refractivity contribution is 6.18. The predicted molar refractivity (Wildman–Crippen MR) is 163 cm³/mol. The SMILES string of the molecule is COc1ccc(C(=O)[C@H]2[C@@H](C(=O)c3ccccc3)N3c4ccc(C)cc4C(C)=C[C@@H]3[C@@]23C(=O)Nc2ccccc23)cc1. The summed E-state index contributed by atoms with van der Waals surface area (Å²) in [5.41, 5.74) is 4.93. The molecule has 0 aliphatic carbocycles. The van der Waals surface area contributed by atoms with Gasteiger partial charge in [0, 0.05) is 28.1 Å². The average Bonchev–Trinajstić information content (AvgIpc) is 3.49. The largest absolute Gasteiger partial charge is 0.497 e. The normalized spacial score (nSPS) is 23.5. The van der Waals surface area contributed by atoms with E-state index in [1.165, 1.54) is 0 Å². The molecule has 1 spiro atoms. The van der Waals surface area contributed by atoms with Crippen molar-refractivity contribution in [3.8, 4) is 5.75 Å². The number of allylic oxidation sites excluding steroid dienone is 1. The Morgan fingerprint density at radius 1 is 0.833 bits per heavy atom. The molecule has 6 nitrogen and oxygen atoms in total. The van der Waals surface area contributed by atoms with E-state index in [1.807, 2.05) is 73.3 Å². The van der Waals surface area contributed by atoms with Crippen LogP contribution in [0.3, 0.4) is 0 Å². The van der Waals surface area contributed by atoms with E-state index in [2.05, 4.69) is 17.5 Å². The Morgan fingerprint density at radius 3 is 2.26 bits per heavy atom. The number of rotatable bonds is 5. The molecule has 6 heteroatoms. The summed E-state index contributed by atoms with van der Waals surface area (Å²) in [7, 11) is 1.57. The monoisotopic (exact) mass is 554 g/mol. The first-order valence-electron chi connectivity index (χ1n) is 14.1. The van der Waals surface area contributed by atoms with Gasteiger partial charge in [-0.05, 0) is 67.4 Å². The molecule has 3 aliphatic rings. The van der Waals surface area contributed by atoms with Gasteiger partial charge in [-0.25, -0.2) is 0 Å². The number of Topliss-reactive ketones (excluding diaryl/α,β-unsaturated/α-hetero) is 2. The van der Waals surface area contributed by atoms with Crippen LogP contribution in [0.15, 0.2) is 103 Å². The van der Waals surface area contributed by atoms with E-state index in [-0.39, 0.29) is 17.5 Å². The molecule has 1 saturated heterocycles. The second-order valence-corrected chi connectivity index (χ2v) is 11.3. The lowest BCUT2D eigenvalue weighted by Gasteiger charge is -2.39. The standard InChI is InChI=1S/C36H30N2O4/c1-21-13-18-29-26(19-21)22(2)20-30-36(27-11-7-8-12-28(27)37-35(36)41)31(33(39)24-14-16-25(42-3)17-15-24)32(38(29)30)34(40)23-9-5-4-6-10-23/h4-20,30-32H,1-3H3,(H,37,41)/t30-,31-,32+,36-/m1/s1. The zero-order valence-electron chi connectivity index (χ0n) is 23.6. The maximum absolute atomic E-state index is 14.9. The van der Waals surface area contributed by atoms with Crippen molar-refractivity contribution in [1.82, 2.24) is 0 Å². The van der Waals surface area contributed by atoms with Crippen LogP contribution in [-0.2, 0) is 10.2 Å². The van der Waals surface area contributed by atoms with Crippen molar-refractivity contribution in [3.05, 3.63) is 131 Å². The van der Waals surface area contributed by atoms with Gasteiger partial charge in [0.2, 0.25) is 5.91 Å². The summed E-state index contributed by atoms with van der Waals surface area (Å²) >= 11 is 0. The molecule has 0 unspecified atom stereocenters. The third-order valence-electron chi connectivity index (χ3n) is 9.12. The summed E-state index contributed by atoms with van der Waals surface area (Å²) in [5.74, 6) is -1.11. The number of hydrogen-bond donors (Lipinski definition) is 1. The molecule has 1 fully saturated rings. The van der Waals surface area contributed by atoms with Gasteiger partial charge in [-0.3, -0.25) is 14.4 Å². The van der Waals surface area contributed by atoms with Crippen molar-refractivity contribution >= 4 is 34.4 Å². The molecule has 1 amide bonds. The molecule has 208 valence electrons. The number of nitrogens with one attached hydrogen (secondary N) is 1. The molecule has 4 aromatic rings. The Kier molecular flexibility index (Phi) is 5.91. The lowest BCUT2D eigenvalue weighted by molar-refractivity contribution is -0.121. The van der Waals surface area contributed by atoms with Crippen molar-refractivity contribution in [3.63, 3.8) is 0 Å². The van der Waals surface area contributed by atoms with Crippen molar-refractivity contribution < 1.29 is 19.1 Å². The lowest BCUT2D eigenvalue weighted by Crippen LogP contribution is -2.51. The van der Waals surface area contributed by atoms with Crippen LogP contribution < -0.4 is 15.0 Å². The molecule has 4 aromatic carbocycles. The fourth-order valence-corrected chi connectivity index (χ4v) is 7.25. The predicted octanol–water partition coefficient (Wildman–Crippen LogP) is 6.25. The highest BCUT2D eigenvalue weighted by Gasteiger charge is 2.70. The van der Waals surface area contributed by atoms with Crippen LogP contribution in [-0.4, -0.2) is 36.7 Å². The average molecular weight is 555 g/mol. The number of hydrogen-bond acceptors (Lipinski definition) is 5. The van der Waals surface area contributed by atoms with E-state index < -0.39 is 23.4 Å². The molecule has 4 atom stereocenters. The summed E-state index contributed by atoms with van der Waals surface area (Å²) in [6, 6.07) is 28.2. The summed E-state index contributed by atoms with van der Waals surface area (Å²) < 4.78 is 5.34. The second kappa shape index (κ2) is 9.55. The third kappa shape index (κ3) is 3.54. The highest BCUT2D eigenvalue weighted by atomic mass is 16.5. The Bertz CT molecular complexity index is 1790. The minimum Gasteiger partial charge on any atom is -0.497 e. The minimum absolute atomic E-state index is 0.194. The number of amides is 1. The van der Waals surface area contributed by atoms with Gasteiger partial charge >= 0.3 is 0 Å². The van der Waals surface area contributed by atoms with E-state index in [1.54, 1.807) is 43.5 Å². The number of carbonyl (C=O) groups is 3. The molecule has 0 saturated carbocycles. The number of fused-ring (bicyclic) bond motifs is 6. The quantitative estimate of drug-likeness (QED) is 0.295. The summed E-state index contributed by atoms with van der Waals surface area (Å²) in [5, 5.41) is 3.09. The molecule has 0 aromatic heterocycles. The van der Waals surface area contributed by atoms with E-state index in [0.717, 1.165) is 28.0 Å². The minimum atomic E-state index is -1.34. The molecule has 7 rings (SSSR count). The van der Waals surface area contributed by atoms with Gasteiger partial charge in [-0.2, -0.15) is 0 Å². The van der Waals surface area contributed by atoms with Crippen molar-refractivity contribution in [2.24, 2.45) is 5.92 Å². The van der Waals surface area contributed by atoms with Gasteiger partial charge in [0.1, 0.15) is 17.2 Å². The number of aryl methyl sites for hydroxylation is 1. The number of methoxy groups -OCH3 is 1. The van der Waals surface area contributed by atoms with Gasteiger partial charge < -0.3 is 15.0 Å². The van der Waals surface area contributed by atoms with Crippen LogP contribution in [0, 0.1) is 12.8 Å². The fourth-order valence-electron chi connectivity index (χ4n) is 7.25. The first-order valence-corrected chi connectivity index (χ1v) is 14.1. The maximum atomic E-state index is 14.9. The van der Waals surface area contributed by atoms with Crippen molar-refractivity contribution in [2.75, 3.05) is 17.3 Å². The number of benzene rings is 4. The van der Waals surface area contributed by atoms with Gasteiger partial charge in [-0.1, -0.05) is 66.2 Å². The molecule has 42 heavy (non-hydrogen) atoms. The zero-order chi connectivity index (χ0) is 29.2. The first-order chi connectivity index (χ1) is 20.4. The molecular weight excluding hydrogens is 524 g/mol. The van der Waals surface area contributed by atoms with E-state index >= 15 is 0 Å². The smallest absolute Gasteiger partial charge is 0.238 e. The Morgan fingerprint density at radius 2 is 1.52 bits per heavy atom. The van der Waals surface area contributed by atoms with Crippen LogP contribution in [0.2, 0.25) is 0 Å². The van der Waals surface area contributed by atoms with E-state index in [0.29, 0.717) is 22.6 Å². The molecular formula is C36H30N2O4. The topological polar surface area (TPSA) is 75.7 Å². The molecule has 0 radical (unpaired) electrons. The molecule has 3 aliphatic heterocycles. The van der Waals surface area contributed by atoms with Crippen LogP contribution in [0.5, 0.6) is 5.75 Å². The molecule has 3 heterocycles. The van der Waals surface area contributed by atoms with Gasteiger partial charge in [0.25, 0.3) is 0 Å². The van der Waals surface area contributed by atoms with Crippen molar-refractivity contribution in [1.29, 1.82) is 0 Å². The number of carbonyl (C=O) groups excluding carboxylic acids is 3. The number of anilines is 2. The maximum Gasteiger partial charge on any atom is 0.238 e. The van der Waals surface area contributed by atoms with Crippen LogP contribution in [0.25, 0.3) is 5.57 Å². The number of nitrogens with zero attached hydrogens (tertiary/aromatic N) is 1. The second-order valence-electron chi connectivity index (χ2n) is 11.3. The number of para-hydroxylation sites is 1.